The molecule has 0 saturated carbocycles. The van der Waals surface area contributed by atoms with Gasteiger partial charge in [0.1, 0.15) is 0 Å². The van der Waals surface area contributed by atoms with Crippen LogP contribution in [-0.2, 0) is 0 Å². The van der Waals surface area contributed by atoms with Crippen LogP contribution in [-0.4, -0.2) is 5.88 Å². The van der Waals surface area contributed by atoms with Gasteiger partial charge in [-0.2, -0.15) is 0 Å². The monoisotopic (exact) mass is 218 g/mol. The molecule has 0 aliphatic carbocycles. The highest BCUT2D eigenvalue weighted by atomic mass is 35.5. The summed E-state index contributed by atoms with van der Waals surface area (Å²) in [5, 5.41) is 0.978. The van der Waals surface area contributed by atoms with Crippen molar-refractivity contribution in [3.63, 3.8) is 0 Å². The average molecular weight is 220 g/mol. The molecule has 0 heterocycles. The van der Waals surface area contributed by atoms with Crippen LogP contribution in [0.15, 0.2) is 21.7 Å². The highest BCUT2D eigenvalue weighted by Crippen LogP contribution is 2.19. The maximum atomic E-state index is 5.66. The highest BCUT2D eigenvalue weighted by Gasteiger charge is 1.96. The zero-order valence-electron chi connectivity index (χ0n) is 5.08. The van der Waals surface area contributed by atoms with Gasteiger partial charge in [-0.1, -0.05) is 34.8 Å². The van der Waals surface area contributed by atoms with Crippen molar-refractivity contribution in [2.75, 3.05) is 5.88 Å². The summed E-state index contributed by atoms with van der Waals surface area (Å²) < 4.78 is 0. The largest absolute Gasteiger partial charge is 0.126 e. The predicted octanol–water partition coefficient (Wildman–Crippen LogP) is 4.06. The predicted molar refractivity (Wildman–Crippen MR) is 49.1 cm³/mol. The number of allylic oxidation sites excluding steroid dienone is 3. The molecule has 0 radical (unpaired) electrons. The van der Waals surface area contributed by atoms with E-state index >= 15 is 0 Å². The molecule has 0 aliphatic heterocycles. The van der Waals surface area contributed by atoms with Crippen molar-refractivity contribution in [1.82, 2.24) is 0 Å². The first kappa shape index (κ1) is 10.6. The summed E-state index contributed by atoms with van der Waals surface area (Å²) in [5.74, 6) is 0.463. The van der Waals surface area contributed by atoms with Gasteiger partial charge in [0.05, 0.1) is 5.03 Å². The fraction of sp³-hybridized carbons (Fsp3) is 0.333. The van der Waals surface area contributed by atoms with Crippen LogP contribution in [0.4, 0.5) is 0 Å². The minimum absolute atomic E-state index is 0.442. The summed E-state index contributed by atoms with van der Waals surface area (Å²) in [4.78, 5) is 0. The molecular weight excluding hydrogens is 214 g/mol. The van der Waals surface area contributed by atoms with E-state index in [-0.39, 0.29) is 0 Å². The first-order valence-electron chi connectivity index (χ1n) is 2.59. The lowest BCUT2D eigenvalue weighted by Gasteiger charge is -1.94. The van der Waals surface area contributed by atoms with E-state index < -0.39 is 0 Å². The molecule has 0 atom stereocenters. The zero-order valence-corrected chi connectivity index (χ0v) is 8.10. The van der Waals surface area contributed by atoms with Crippen molar-refractivity contribution in [3.05, 3.63) is 21.7 Å². The van der Waals surface area contributed by atoms with Crippen LogP contribution in [0.1, 0.15) is 6.42 Å². The Hall–Kier alpha value is 0.640. The second-order valence-corrected chi connectivity index (χ2v) is 2.98. The van der Waals surface area contributed by atoms with Gasteiger partial charge in [-0.25, -0.2) is 0 Å². The Labute approximate surface area is 80.4 Å². The normalized spacial score (nSPS) is 14.0. The standard InChI is InChI=1S/C6H6Cl4/c7-3-1-5(9)6(10)2-4-8/h1,3H,2,4H2. The number of hydrogen-bond donors (Lipinski definition) is 0. The van der Waals surface area contributed by atoms with Gasteiger partial charge in [-0.3, -0.25) is 0 Å². The Balaban J connectivity index is 4.04. The zero-order chi connectivity index (χ0) is 7.98. The first-order valence-corrected chi connectivity index (χ1v) is 4.32. The molecule has 10 heavy (non-hydrogen) atoms. The van der Waals surface area contributed by atoms with Crippen LogP contribution in [0.5, 0.6) is 0 Å². The van der Waals surface area contributed by atoms with Crippen LogP contribution in [0.2, 0.25) is 0 Å². The minimum Gasteiger partial charge on any atom is -0.126 e. The Morgan fingerprint density at radius 1 is 1.30 bits per heavy atom. The highest BCUT2D eigenvalue weighted by molar-refractivity contribution is 6.41. The second kappa shape index (κ2) is 6.36. The third-order valence-electron chi connectivity index (χ3n) is 0.782. The van der Waals surface area contributed by atoms with E-state index in [2.05, 4.69) is 0 Å². The molecule has 0 unspecified atom stereocenters. The van der Waals surface area contributed by atoms with E-state index in [1.165, 1.54) is 11.6 Å². The van der Waals surface area contributed by atoms with Gasteiger partial charge in [0.2, 0.25) is 0 Å². The van der Waals surface area contributed by atoms with Crippen LogP contribution < -0.4 is 0 Å². The van der Waals surface area contributed by atoms with Crippen LogP contribution >= 0.6 is 46.4 Å². The van der Waals surface area contributed by atoms with Gasteiger partial charge >= 0.3 is 0 Å². The molecule has 0 N–H and O–H groups in total. The molecule has 0 aromatic carbocycles. The summed E-state index contributed by atoms with van der Waals surface area (Å²) in [6.07, 6.45) is 2.08. The Morgan fingerprint density at radius 3 is 2.30 bits per heavy atom. The second-order valence-electron chi connectivity index (χ2n) is 1.48. The van der Waals surface area contributed by atoms with E-state index in [4.69, 9.17) is 46.4 Å². The molecule has 0 rings (SSSR count). The van der Waals surface area contributed by atoms with Gasteiger partial charge in [0.15, 0.2) is 0 Å². The van der Waals surface area contributed by atoms with Crippen molar-refractivity contribution in [3.8, 4) is 0 Å². The molecule has 0 aliphatic rings. The third kappa shape index (κ3) is 4.45. The minimum atomic E-state index is 0.442. The molecule has 0 spiro atoms. The lowest BCUT2D eigenvalue weighted by atomic mass is 10.4. The molecule has 0 aromatic rings. The van der Waals surface area contributed by atoms with Crippen LogP contribution in [0.3, 0.4) is 0 Å². The maximum Gasteiger partial charge on any atom is 0.0560 e. The SMILES string of the molecule is ClC=CC(Cl)=C(Cl)CCCl. The molecule has 0 aromatic heterocycles. The topological polar surface area (TPSA) is 0 Å². The fourth-order valence-corrected chi connectivity index (χ4v) is 1.14. The number of rotatable bonds is 3. The summed E-state index contributed by atoms with van der Waals surface area (Å²) in [7, 11) is 0. The lowest BCUT2D eigenvalue weighted by Crippen LogP contribution is -1.77. The average Bonchev–Trinajstić information content (AvgIpc) is 1.89. The van der Waals surface area contributed by atoms with E-state index in [0.717, 1.165) is 0 Å². The lowest BCUT2D eigenvalue weighted by molar-refractivity contribution is 1.20. The van der Waals surface area contributed by atoms with Gasteiger partial charge in [-0.15, -0.1) is 11.6 Å². The van der Waals surface area contributed by atoms with Crippen molar-refractivity contribution in [2.45, 2.75) is 6.42 Å². The van der Waals surface area contributed by atoms with Gasteiger partial charge in [-0.05, 0) is 12.5 Å². The third-order valence-corrected chi connectivity index (χ3v) is 1.94. The van der Waals surface area contributed by atoms with Gasteiger partial charge < -0.3 is 0 Å². The molecule has 0 bridgehead atoms. The molecule has 0 amide bonds. The summed E-state index contributed by atoms with van der Waals surface area (Å²) in [6, 6.07) is 0. The van der Waals surface area contributed by atoms with E-state index in [9.17, 15) is 0 Å². The van der Waals surface area contributed by atoms with Crippen molar-refractivity contribution in [2.24, 2.45) is 0 Å². The Morgan fingerprint density at radius 2 is 1.90 bits per heavy atom. The van der Waals surface area contributed by atoms with E-state index in [1.54, 1.807) is 0 Å². The first-order chi connectivity index (χ1) is 4.72. The summed E-state index contributed by atoms with van der Waals surface area (Å²) in [6.45, 7) is 0. The van der Waals surface area contributed by atoms with Crippen molar-refractivity contribution >= 4 is 46.4 Å². The smallest absolute Gasteiger partial charge is 0.0560 e. The molecule has 58 valence electrons. The van der Waals surface area contributed by atoms with Crippen molar-refractivity contribution in [1.29, 1.82) is 0 Å². The van der Waals surface area contributed by atoms with Crippen LogP contribution in [0, 0.1) is 0 Å². The number of halogens is 4. The van der Waals surface area contributed by atoms with Gasteiger partial charge in [0.25, 0.3) is 0 Å². The summed E-state index contributed by atoms with van der Waals surface area (Å²) in [5.41, 5.74) is 1.30. The fourth-order valence-electron chi connectivity index (χ4n) is 0.348. The van der Waals surface area contributed by atoms with E-state index in [1.807, 2.05) is 0 Å². The molecule has 0 fully saturated rings. The van der Waals surface area contributed by atoms with Crippen LogP contribution in [0.25, 0.3) is 0 Å². The maximum absolute atomic E-state index is 5.66. The molecule has 4 heteroatoms. The van der Waals surface area contributed by atoms with Crippen molar-refractivity contribution < 1.29 is 0 Å². The molecular formula is C6H6Cl4. The molecule has 0 nitrogen and oxygen atoms in total. The van der Waals surface area contributed by atoms with Gasteiger partial charge in [0, 0.05) is 16.4 Å². The summed E-state index contributed by atoms with van der Waals surface area (Å²) >= 11 is 21.9. The molecule has 0 saturated heterocycles. The number of alkyl halides is 1. The Bertz CT molecular complexity index is 148. The Kier molecular flexibility index (Phi) is 6.76. The number of hydrogen-bond acceptors (Lipinski definition) is 0. The van der Waals surface area contributed by atoms with E-state index in [0.29, 0.717) is 22.4 Å². The quantitative estimate of drug-likeness (QED) is 0.496.